The van der Waals surface area contributed by atoms with Crippen molar-refractivity contribution < 1.29 is 15.0 Å². The van der Waals surface area contributed by atoms with Crippen molar-refractivity contribution in [3.8, 4) is 5.88 Å². The Hall–Kier alpha value is -3.67. The smallest absolute Gasteiger partial charge is 0.323 e. The first kappa shape index (κ1) is 17.7. The molecule has 0 atom stereocenters. The van der Waals surface area contributed by atoms with E-state index >= 15 is 0 Å². The van der Waals surface area contributed by atoms with Gasteiger partial charge in [-0.1, -0.05) is 43.3 Å². The summed E-state index contributed by atoms with van der Waals surface area (Å²) < 4.78 is 0.881. The van der Waals surface area contributed by atoms with E-state index in [1.54, 1.807) is 36.6 Å². The number of aromatic hydroxyl groups is 1. The van der Waals surface area contributed by atoms with Gasteiger partial charge in [0.1, 0.15) is 6.54 Å². The number of aliphatic imine (C=N–C) groups is 1. The molecule has 0 spiro atoms. The number of carbonyl (C=O) groups is 1. The average Bonchev–Trinajstić information content (AvgIpc) is 3.11. The second-order valence-corrected chi connectivity index (χ2v) is 6.59. The van der Waals surface area contributed by atoms with Crippen LogP contribution < -0.4 is 5.56 Å². The largest absolute Gasteiger partial charge is 0.494 e. The number of rotatable bonds is 4. The lowest BCUT2D eigenvalue weighted by Gasteiger charge is -2.13. The van der Waals surface area contributed by atoms with Gasteiger partial charge in [-0.25, -0.2) is 0 Å². The highest BCUT2D eigenvalue weighted by atomic mass is 16.4. The number of allylic oxidation sites excluding steroid dienone is 1. The zero-order chi connectivity index (χ0) is 19.8. The van der Waals surface area contributed by atoms with E-state index in [1.165, 1.54) is 0 Å². The van der Waals surface area contributed by atoms with E-state index in [0.717, 1.165) is 33.4 Å². The molecule has 0 saturated heterocycles. The molecule has 2 aromatic carbocycles. The molecule has 140 valence electrons. The Kier molecular flexibility index (Phi) is 4.31. The third-order valence-corrected chi connectivity index (χ3v) is 4.93. The fourth-order valence-corrected chi connectivity index (χ4v) is 3.57. The van der Waals surface area contributed by atoms with Crippen molar-refractivity contribution in [3.05, 3.63) is 69.5 Å². The molecular weight excluding hydrogens is 356 g/mol. The van der Waals surface area contributed by atoms with Crippen LogP contribution in [0.5, 0.6) is 5.88 Å². The molecule has 0 aliphatic carbocycles. The Morgan fingerprint density at radius 2 is 1.89 bits per heavy atom. The van der Waals surface area contributed by atoms with Crippen LogP contribution in [-0.4, -0.2) is 27.0 Å². The lowest BCUT2D eigenvalue weighted by Crippen LogP contribution is -2.24. The van der Waals surface area contributed by atoms with Gasteiger partial charge in [0.25, 0.3) is 5.56 Å². The quantitative estimate of drug-likeness (QED) is 0.730. The summed E-state index contributed by atoms with van der Waals surface area (Å²) >= 11 is 0. The molecule has 0 fully saturated rings. The number of aliphatic carboxylic acids is 1. The number of carboxylic acids is 1. The van der Waals surface area contributed by atoms with Crippen molar-refractivity contribution in [3.63, 3.8) is 0 Å². The highest BCUT2D eigenvalue weighted by Crippen LogP contribution is 2.37. The molecule has 2 N–H and O–H groups in total. The second kappa shape index (κ2) is 6.81. The van der Waals surface area contributed by atoms with Crippen LogP contribution in [0.1, 0.15) is 23.6 Å². The molecule has 6 heteroatoms. The van der Waals surface area contributed by atoms with E-state index in [-0.39, 0.29) is 5.88 Å². The van der Waals surface area contributed by atoms with Gasteiger partial charge in [-0.05, 0) is 29.5 Å². The van der Waals surface area contributed by atoms with Crippen LogP contribution >= 0.6 is 0 Å². The number of hydrogen-bond donors (Lipinski definition) is 2. The van der Waals surface area contributed by atoms with Gasteiger partial charge in [0, 0.05) is 28.3 Å². The molecule has 4 rings (SSSR count). The van der Waals surface area contributed by atoms with Gasteiger partial charge in [-0.3, -0.25) is 19.1 Å². The minimum absolute atomic E-state index is 0.353. The molecule has 28 heavy (non-hydrogen) atoms. The summed E-state index contributed by atoms with van der Waals surface area (Å²) in [6.45, 7) is 1.45. The molecule has 3 aromatic rings. The number of aryl methyl sites for hydroxylation is 1. The van der Waals surface area contributed by atoms with Crippen molar-refractivity contribution in [2.75, 3.05) is 0 Å². The van der Waals surface area contributed by atoms with Gasteiger partial charge in [0.05, 0.1) is 5.69 Å². The molecule has 1 aromatic heterocycles. The topological polar surface area (TPSA) is 91.9 Å². The molecule has 0 bridgehead atoms. The van der Waals surface area contributed by atoms with Crippen molar-refractivity contribution in [1.29, 1.82) is 0 Å². The number of aromatic nitrogens is 1. The highest BCUT2D eigenvalue weighted by Gasteiger charge is 2.19. The number of pyridine rings is 1. The molecule has 1 aliphatic rings. The number of para-hydroxylation sites is 1. The summed E-state index contributed by atoms with van der Waals surface area (Å²) in [4.78, 5) is 28.3. The normalized spacial score (nSPS) is 14.0. The highest BCUT2D eigenvalue weighted by molar-refractivity contribution is 6.22. The third-order valence-electron chi connectivity index (χ3n) is 4.93. The number of fused-ring (bicyclic) bond motifs is 2. The Morgan fingerprint density at radius 1 is 1.14 bits per heavy atom. The Morgan fingerprint density at radius 3 is 2.61 bits per heavy atom. The SMILES string of the molecule is CCc1cccc2c1N=CC2=Cc1c(O)n(CC(=O)O)c(=O)c2ccccc12. The van der Waals surface area contributed by atoms with E-state index in [0.29, 0.717) is 16.3 Å². The number of hydrogen-bond acceptors (Lipinski definition) is 4. The predicted octanol–water partition coefficient (Wildman–Crippen LogP) is 3.61. The molecule has 6 nitrogen and oxygen atoms in total. The van der Waals surface area contributed by atoms with Crippen LogP contribution in [0.4, 0.5) is 5.69 Å². The van der Waals surface area contributed by atoms with Crippen LogP contribution in [-0.2, 0) is 17.8 Å². The number of carboxylic acid groups (broad SMARTS) is 1. The fraction of sp³-hybridized carbons (Fsp3) is 0.136. The summed E-state index contributed by atoms with van der Waals surface area (Å²) in [5.41, 5.74) is 3.63. The summed E-state index contributed by atoms with van der Waals surface area (Å²) in [5.74, 6) is -1.57. The van der Waals surface area contributed by atoms with Gasteiger partial charge in [-0.15, -0.1) is 0 Å². The van der Waals surface area contributed by atoms with Crippen LogP contribution in [0.2, 0.25) is 0 Å². The first-order valence-corrected chi connectivity index (χ1v) is 8.95. The standard InChI is InChI=1S/C22H18N2O4/c1-2-13-6-5-9-15-14(11-23-20(13)15)10-18-16-7-3-4-8-17(16)21(27)24(22(18)28)12-19(25)26/h3-11,28H,2,12H2,1H3,(H,25,26). The van der Waals surface area contributed by atoms with E-state index < -0.39 is 18.1 Å². The zero-order valence-electron chi connectivity index (χ0n) is 15.2. The van der Waals surface area contributed by atoms with Gasteiger partial charge >= 0.3 is 5.97 Å². The summed E-state index contributed by atoms with van der Waals surface area (Å²) in [5, 5.41) is 20.8. The molecular formula is C22H18N2O4. The van der Waals surface area contributed by atoms with E-state index in [9.17, 15) is 14.7 Å². The van der Waals surface area contributed by atoms with Crippen LogP contribution in [0.3, 0.4) is 0 Å². The maximum atomic E-state index is 12.6. The van der Waals surface area contributed by atoms with Crippen LogP contribution in [0.25, 0.3) is 22.4 Å². The van der Waals surface area contributed by atoms with Crippen molar-refractivity contribution in [2.45, 2.75) is 19.9 Å². The van der Waals surface area contributed by atoms with Crippen LogP contribution in [0, 0.1) is 0 Å². The summed E-state index contributed by atoms with van der Waals surface area (Å²) in [7, 11) is 0. The van der Waals surface area contributed by atoms with E-state index in [1.807, 2.05) is 18.2 Å². The monoisotopic (exact) mass is 374 g/mol. The lowest BCUT2D eigenvalue weighted by molar-refractivity contribution is -0.137. The molecule has 0 unspecified atom stereocenters. The Labute approximate surface area is 160 Å². The van der Waals surface area contributed by atoms with Crippen LogP contribution in [0.15, 0.2) is 52.3 Å². The van der Waals surface area contributed by atoms with Crippen molar-refractivity contribution >= 4 is 40.3 Å². The molecule has 1 aliphatic heterocycles. The minimum Gasteiger partial charge on any atom is -0.494 e. The lowest BCUT2D eigenvalue weighted by atomic mass is 9.98. The Bertz CT molecular complexity index is 1240. The van der Waals surface area contributed by atoms with Gasteiger partial charge in [0.15, 0.2) is 0 Å². The van der Waals surface area contributed by atoms with Gasteiger partial charge in [-0.2, -0.15) is 0 Å². The molecule has 2 heterocycles. The predicted molar refractivity (Wildman–Crippen MR) is 109 cm³/mol. The molecule has 0 amide bonds. The first-order valence-electron chi connectivity index (χ1n) is 8.95. The average molecular weight is 374 g/mol. The zero-order valence-corrected chi connectivity index (χ0v) is 15.2. The number of nitrogens with zero attached hydrogens (tertiary/aromatic N) is 2. The maximum Gasteiger partial charge on any atom is 0.323 e. The number of benzene rings is 2. The third kappa shape index (κ3) is 2.79. The molecule has 0 saturated carbocycles. The minimum atomic E-state index is -1.20. The molecule has 0 radical (unpaired) electrons. The van der Waals surface area contributed by atoms with Crippen molar-refractivity contribution in [2.24, 2.45) is 4.99 Å². The maximum absolute atomic E-state index is 12.6. The van der Waals surface area contributed by atoms with E-state index in [2.05, 4.69) is 11.9 Å². The van der Waals surface area contributed by atoms with Crippen molar-refractivity contribution in [1.82, 2.24) is 4.57 Å². The van der Waals surface area contributed by atoms with E-state index in [4.69, 9.17) is 5.11 Å². The Balaban J connectivity index is 1.99. The second-order valence-electron chi connectivity index (χ2n) is 6.59. The van der Waals surface area contributed by atoms with Gasteiger partial charge < -0.3 is 10.2 Å². The summed E-state index contributed by atoms with van der Waals surface area (Å²) in [6.07, 6.45) is 4.33. The first-order chi connectivity index (χ1) is 13.5. The summed E-state index contributed by atoms with van der Waals surface area (Å²) in [6, 6.07) is 12.8. The fourth-order valence-electron chi connectivity index (χ4n) is 3.57. The van der Waals surface area contributed by atoms with Gasteiger partial charge in [0.2, 0.25) is 5.88 Å².